The zero-order valence-corrected chi connectivity index (χ0v) is 16.6. The standard InChI is InChI=1S/C20H26BrN3O2/c21-17-4-1-3-16(13-17)20(7-2-8-20)14-22-19(26)24-11-9-23(10-12-24)18(25)15-5-6-15/h1,3-4,13,15H,2,5-12,14H2,(H,22,26). The summed E-state index contributed by atoms with van der Waals surface area (Å²) in [6.07, 6.45) is 5.53. The first-order valence-corrected chi connectivity index (χ1v) is 10.4. The topological polar surface area (TPSA) is 52.7 Å². The minimum Gasteiger partial charge on any atom is -0.339 e. The van der Waals surface area contributed by atoms with Crippen molar-refractivity contribution in [3.8, 4) is 0 Å². The van der Waals surface area contributed by atoms with E-state index < -0.39 is 0 Å². The number of amides is 3. The molecule has 0 aromatic heterocycles. The number of halogens is 1. The molecule has 1 aromatic carbocycles. The first-order chi connectivity index (χ1) is 12.6. The van der Waals surface area contributed by atoms with Gasteiger partial charge >= 0.3 is 6.03 Å². The molecule has 0 radical (unpaired) electrons. The second-order valence-corrected chi connectivity index (χ2v) is 8.81. The van der Waals surface area contributed by atoms with Crippen LogP contribution in [-0.4, -0.2) is 54.5 Å². The van der Waals surface area contributed by atoms with Crippen LogP contribution in [0.1, 0.15) is 37.7 Å². The van der Waals surface area contributed by atoms with E-state index in [-0.39, 0.29) is 23.3 Å². The quantitative estimate of drug-likeness (QED) is 0.814. The van der Waals surface area contributed by atoms with E-state index in [1.54, 1.807) is 0 Å². The Morgan fingerprint density at radius 2 is 1.81 bits per heavy atom. The number of carbonyl (C=O) groups is 2. The van der Waals surface area contributed by atoms with E-state index in [2.05, 4.69) is 39.4 Å². The molecule has 1 heterocycles. The molecule has 140 valence electrons. The average molecular weight is 420 g/mol. The van der Waals surface area contributed by atoms with Gasteiger partial charge in [0.1, 0.15) is 0 Å². The molecule has 4 rings (SSSR count). The van der Waals surface area contributed by atoms with Gasteiger partial charge < -0.3 is 15.1 Å². The summed E-state index contributed by atoms with van der Waals surface area (Å²) >= 11 is 3.55. The average Bonchev–Trinajstić information content (AvgIpc) is 3.45. The zero-order chi connectivity index (χ0) is 18.1. The van der Waals surface area contributed by atoms with Gasteiger partial charge in [-0.05, 0) is 43.4 Å². The third kappa shape index (κ3) is 3.61. The molecule has 1 N–H and O–H groups in total. The highest BCUT2D eigenvalue weighted by Gasteiger charge is 2.40. The summed E-state index contributed by atoms with van der Waals surface area (Å²) in [6, 6.07) is 8.45. The lowest BCUT2D eigenvalue weighted by molar-refractivity contribution is -0.133. The lowest BCUT2D eigenvalue weighted by Crippen LogP contribution is -2.55. The summed E-state index contributed by atoms with van der Waals surface area (Å²) in [7, 11) is 0. The van der Waals surface area contributed by atoms with Crippen LogP contribution in [0.2, 0.25) is 0 Å². The van der Waals surface area contributed by atoms with Crippen LogP contribution in [0.4, 0.5) is 4.79 Å². The lowest BCUT2D eigenvalue weighted by atomic mass is 9.64. The van der Waals surface area contributed by atoms with E-state index in [0.29, 0.717) is 32.7 Å². The maximum Gasteiger partial charge on any atom is 0.317 e. The fourth-order valence-corrected chi connectivity index (χ4v) is 4.46. The van der Waals surface area contributed by atoms with Crippen molar-refractivity contribution in [1.82, 2.24) is 15.1 Å². The molecule has 3 aliphatic rings. The van der Waals surface area contributed by atoms with Gasteiger partial charge in [0.2, 0.25) is 5.91 Å². The monoisotopic (exact) mass is 419 g/mol. The number of piperazine rings is 1. The molecule has 3 amide bonds. The van der Waals surface area contributed by atoms with Gasteiger partial charge in [0.05, 0.1) is 0 Å². The van der Waals surface area contributed by atoms with E-state index >= 15 is 0 Å². The first kappa shape index (κ1) is 17.8. The predicted molar refractivity (Wildman–Crippen MR) is 104 cm³/mol. The molecular weight excluding hydrogens is 394 g/mol. The Balaban J connectivity index is 1.30. The highest BCUT2D eigenvalue weighted by Crippen LogP contribution is 2.43. The van der Waals surface area contributed by atoms with Gasteiger partial charge in [-0.1, -0.05) is 34.5 Å². The molecule has 0 atom stereocenters. The fraction of sp³-hybridized carbons (Fsp3) is 0.600. The fourth-order valence-electron chi connectivity index (χ4n) is 4.06. The summed E-state index contributed by atoms with van der Waals surface area (Å²) in [6.45, 7) is 3.28. The van der Waals surface area contributed by atoms with Gasteiger partial charge in [0.25, 0.3) is 0 Å². The SMILES string of the molecule is O=C(NCC1(c2cccc(Br)c2)CCC1)N1CCN(C(=O)C2CC2)CC1. The Labute approximate surface area is 163 Å². The molecule has 3 fully saturated rings. The van der Waals surface area contributed by atoms with Crippen molar-refractivity contribution in [2.45, 2.75) is 37.5 Å². The van der Waals surface area contributed by atoms with Crippen LogP contribution in [0.25, 0.3) is 0 Å². The number of nitrogens with one attached hydrogen (secondary N) is 1. The maximum atomic E-state index is 12.6. The van der Waals surface area contributed by atoms with Crippen LogP contribution in [-0.2, 0) is 10.2 Å². The summed E-state index contributed by atoms with van der Waals surface area (Å²) in [5.41, 5.74) is 1.38. The molecule has 1 saturated heterocycles. The van der Waals surface area contributed by atoms with Gasteiger partial charge in [-0.3, -0.25) is 4.79 Å². The van der Waals surface area contributed by atoms with Gasteiger partial charge in [0, 0.05) is 48.5 Å². The molecule has 2 aliphatic carbocycles. The van der Waals surface area contributed by atoms with Crippen molar-refractivity contribution >= 4 is 27.9 Å². The number of rotatable bonds is 4. The maximum absolute atomic E-state index is 12.6. The largest absolute Gasteiger partial charge is 0.339 e. The smallest absolute Gasteiger partial charge is 0.317 e. The number of nitrogens with zero attached hydrogens (tertiary/aromatic N) is 2. The summed E-state index contributed by atoms with van der Waals surface area (Å²) < 4.78 is 1.09. The summed E-state index contributed by atoms with van der Waals surface area (Å²) in [4.78, 5) is 28.5. The minimum absolute atomic E-state index is 0.00444. The van der Waals surface area contributed by atoms with Gasteiger partial charge in [0.15, 0.2) is 0 Å². The Morgan fingerprint density at radius 3 is 2.38 bits per heavy atom. The molecule has 0 unspecified atom stereocenters. The highest BCUT2D eigenvalue weighted by atomic mass is 79.9. The molecule has 5 nitrogen and oxygen atoms in total. The van der Waals surface area contributed by atoms with Gasteiger partial charge in [-0.15, -0.1) is 0 Å². The normalized spacial score (nSPS) is 21.9. The highest BCUT2D eigenvalue weighted by molar-refractivity contribution is 9.10. The van der Waals surface area contributed by atoms with Gasteiger partial charge in [-0.2, -0.15) is 0 Å². The van der Waals surface area contributed by atoms with Crippen molar-refractivity contribution in [2.75, 3.05) is 32.7 Å². The van der Waals surface area contributed by atoms with Crippen LogP contribution in [0.3, 0.4) is 0 Å². The second kappa shape index (κ2) is 7.22. The minimum atomic E-state index is 0.00444. The molecule has 2 saturated carbocycles. The number of benzene rings is 1. The molecule has 6 heteroatoms. The van der Waals surface area contributed by atoms with Crippen LogP contribution < -0.4 is 5.32 Å². The molecule has 0 bridgehead atoms. The van der Waals surface area contributed by atoms with Crippen LogP contribution in [0, 0.1) is 5.92 Å². The molecule has 1 aromatic rings. The Morgan fingerprint density at radius 1 is 1.12 bits per heavy atom. The molecular formula is C20H26BrN3O2. The predicted octanol–water partition coefficient (Wildman–Crippen LogP) is 3.13. The molecule has 26 heavy (non-hydrogen) atoms. The van der Waals surface area contributed by atoms with E-state index in [0.717, 1.165) is 30.2 Å². The Hall–Kier alpha value is -1.56. The molecule has 1 aliphatic heterocycles. The van der Waals surface area contributed by atoms with E-state index in [9.17, 15) is 9.59 Å². The zero-order valence-electron chi connectivity index (χ0n) is 15.0. The van der Waals surface area contributed by atoms with Crippen molar-refractivity contribution < 1.29 is 9.59 Å². The first-order valence-electron chi connectivity index (χ1n) is 9.65. The van der Waals surface area contributed by atoms with Crippen LogP contribution >= 0.6 is 15.9 Å². The van der Waals surface area contributed by atoms with Crippen molar-refractivity contribution in [3.63, 3.8) is 0 Å². The number of urea groups is 1. The Kier molecular flexibility index (Phi) is 4.95. The van der Waals surface area contributed by atoms with E-state index in [4.69, 9.17) is 0 Å². The summed E-state index contributed by atoms with van der Waals surface area (Å²) in [5.74, 6) is 0.548. The number of hydrogen-bond acceptors (Lipinski definition) is 2. The number of hydrogen-bond donors (Lipinski definition) is 1. The van der Waals surface area contributed by atoms with E-state index in [1.807, 2.05) is 15.9 Å². The second-order valence-electron chi connectivity index (χ2n) is 7.89. The van der Waals surface area contributed by atoms with Crippen molar-refractivity contribution in [2.24, 2.45) is 5.92 Å². The Bertz CT molecular complexity index is 692. The van der Waals surface area contributed by atoms with Crippen molar-refractivity contribution in [1.29, 1.82) is 0 Å². The molecule has 0 spiro atoms. The third-order valence-electron chi connectivity index (χ3n) is 6.13. The number of carbonyl (C=O) groups excluding carboxylic acids is 2. The van der Waals surface area contributed by atoms with Gasteiger partial charge in [-0.25, -0.2) is 4.79 Å². The van der Waals surface area contributed by atoms with Crippen molar-refractivity contribution in [3.05, 3.63) is 34.3 Å². The van der Waals surface area contributed by atoms with Crippen LogP contribution in [0.5, 0.6) is 0 Å². The third-order valence-corrected chi connectivity index (χ3v) is 6.62. The summed E-state index contributed by atoms with van der Waals surface area (Å²) in [5, 5.41) is 3.16. The van der Waals surface area contributed by atoms with E-state index in [1.165, 1.54) is 12.0 Å². The van der Waals surface area contributed by atoms with Crippen LogP contribution in [0.15, 0.2) is 28.7 Å². The lowest BCUT2D eigenvalue weighted by Gasteiger charge is -2.43.